The second-order valence-corrected chi connectivity index (χ2v) is 7.74. The first kappa shape index (κ1) is 23.1. The van der Waals surface area contributed by atoms with Gasteiger partial charge in [0, 0.05) is 22.9 Å². The molecule has 4 aromatic rings. The number of carboxylic acid groups (broad SMARTS) is 1. The molecule has 34 heavy (non-hydrogen) atoms. The third kappa shape index (κ3) is 4.97. The number of aromatic nitrogens is 2. The quantitative estimate of drug-likeness (QED) is 0.302. The number of aromatic amines is 1. The zero-order valence-electron chi connectivity index (χ0n) is 18.5. The topological polar surface area (TPSA) is 114 Å². The van der Waals surface area contributed by atoms with Crippen LogP contribution in [0.25, 0.3) is 22.4 Å². The van der Waals surface area contributed by atoms with Crippen LogP contribution in [-0.4, -0.2) is 40.2 Å². The number of amides is 1. The average Bonchev–Trinajstić information content (AvgIpc) is 3.23. The van der Waals surface area contributed by atoms with Crippen LogP contribution in [0.3, 0.4) is 0 Å². The third-order valence-electron chi connectivity index (χ3n) is 4.97. The molecule has 8 nitrogen and oxygen atoms in total. The van der Waals surface area contributed by atoms with E-state index in [1.165, 1.54) is 12.1 Å². The summed E-state index contributed by atoms with van der Waals surface area (Å²) in [6.07, 6.45) is 0. The summed E-state index contributed by atoms with van der Waals surface area (Å²) >= 11 is 6.40. The fraction of sp³-hybridized carbons (Fsp3) is 0.160. The minimum Gasteiger partial charge on any atom is -0.494 e. The van der Waals surface area contributed by atoms with E-state index in [4.69, 9.17) is 21.1 Å². The van der Waals surface area contributed by atoms with Crippen molar-refractivity contribution in [3.05, 3.63) is 70.7 Å². The van der Waals surface area contributed by atoms with E-state index in [1.807, 2.05) is 13.8 Å². The van der Waals surface area contributed by atoms with E-state index >= 15 is 0 Å². The van der Waals surface area contributed by atoms with Gasteiger partial charge in [0.2, 0.25) is 0 Å². The van der Waals surface area contributed by atoms with Crippen LogP contribution in [0.2, 0.25) is 5.02 Å². The lowest BCUT2D eigenvalue weighted by atomic mass is 10.1. The Hall–Kier alpha value is -4.04. The van der Waals surface area contributed by atoms with E-state index in [9.17, 15) is 14.7 Å². The van der Waals surface area contributed by atoms with Gasteiger partial charge in [0.25, 0.3) is 5.91 Å². The van der Waals surface area contributed by atoms with Gasteiger partial charge in [-0.3, -0.25) is 4.79 Å². The first-order chi connectivity index (χ1) is 16.4. The van der Waals surface area contributed by atoms with E-state index in [-0.39, 0.29) is 11.5 Å². The number of fused-ring (bicyclic) bond motifs is 1. The van der Waals surface area contributed by atoms with Gasteiger partial charge in [-0.05, 0) is 62.4 Å². The largest absolute Gasteiger partial charge is 0.494 e. The molecule has 0 atom stereocenters. The maximum absolute atomic E-state index is 13.0. The fourth-order valence-corrected chi connectivity index (χ4v) is 3.66. The number of ether oxygens (including phenoxy) is 2. The van der Waals surface area contributed by atoms with Crippen LogP contribution in [0.5, 0.6) is 11.5 Å². The zero-order valence-corrected chi connectivity index (χ0v) is 19.3. The number of rotatable bonds is 8. The lowest BCUT2D eigenvalue weighted by Crippen LogP contribution is -2.12. The van der Waals surface area contributed by atoms with Crippen molar-refractivity contribution >= 4 is 40.2 Å². The zero-order chi connectivity index (χ0) is 24.2. The highest BCUT2D eigenvalue weighted by Crippen LogP contribution is 2.31. The molecule has 0 fully saturated rings. The predicted octanol–water partition coefficient (Wildman–Crippen LogP) is 5.63. The highest BCUT2D eigenvalue weighted by Gasteiger charge is 2.15. The Kier molecular flexibility index (Phi) is 6.70. The van der Waals surface area contributed by atoms with Gasteiger partial charge < -0.3 is 24.9 Å². The number of carboxylic acids is 1. The molecular formula is C25H22ClN3O5. The first-order valence-corrected chi connectivity index (χ1v) is 11.0. The van der Waals surface area contributed by atoms with Crippen LogP contribution >= 0.6 is 11.6 Å². The highest BCUT2D eigenvalue weighted by atomic mass is 35.5. The molecule has 1 amide bonds. The molecule has 1 aromatic heterocycles. The number of carbonyl (C=O) groups is 2. The summed E-state index contributed by atoms with van der Waals surface area (Å²) in [4.78, 5) is 31.8. The lowest BCUT2D eigenvalue weighted by molar-refractivity contribution is 0.0696. The van der Waals surface area contributed by atoms with E-state index < -0.39 is 5.97 Å². The normalized spacial score (nSPS) is 10.8. The van der Waals surface area contributed by atoms with E-state index in [1.54, 1.807) is 42.5 Å². The third-order valence-corrected chi connectivity index (χ3v) is 5.30. The van der Waals surface area contributed by atoms with Gasteiger partial charge in [-0.25, -0.2) is 9.78 Å². The Bertz CT molecular complexity index is 1360. The van der Waals surface area contributed by atoms with Crippen LogP contribution in [0.1, 0.15) is 34.6 Å². The molecular weight excluding hydrogens is 458 g/mol. The molecule has 0 saturated carbocycles. The number of nitrogens with one attached hydrogen (secondary N) is 2. The van der Waals surface area contributed by atoms with Crippen molar-refractivity contribution in [3.63, 3.8) is 0 Å². The van der Waals surface area contributed by atoms with Crippen molar-refractivity contribution < 1.29 is 24.2 Å². The second-order valence-electron chi connectivity index (χ2n) is 7.33. The van der Waals surface area contributed by atoms with Gasteiger partial charge in [0.05, 0.1) is 34.8 Å². The minimum atomic E-state index is -1.03. The summed E-state index contributed by atoms with van der Waals surface area (Å²) in [7, 11) is 0. The van der Waals surface area contributed by atoms with Gasteiger partial charge in [0.15, 0.2) is 0 Å². The monoisotopic (exact) mass is 479 g/mol. The maximum atomic E-state index is 13.0. The molecule has 0 unspecified atom stereocenters. The number of anilines is 1. The molecule has 0 aliphatic rings. The number of H-pyrrole nitrogens is 1. The molecule has 4 rings (SSSR count). The summed E-state index contributed by atoms with van der Waals surface area (Å²) < 4.78 is 11.1. The Morgan fingerprint density at radius 2 is 1.68 bits per heavy atom. The lowest BCUT2D eigenvalue weighted by Gasteiger charge is -2.12. The summed E-state index contributed by atoms with van der Waals surface area (Å²) in [5, 5.41) is 12.5. The summed E-state index contributed by atoms with van der Waals surface area (Å²) in [6.45, 7) is 4.65. The van der Waals surface area contributed by atoms with E-state index in [0.717, 1.165) is 0 Å². The van der Waals surface area contributed by atoms with Crippen LogP contribution in [-0.2, 0) is 0 Å². The SMILES string of the molecule is CCOc1cc(OCC)cc(C(=O)Nc2ccc(Cl)c(-c3nc4cc(C(=O)O)ccc4[nH]3)c2)c1. The summed E-state index contributed by atoms with van der Waals surface area (Å²) in [5.41, 5.74) is 2.76. The van der Waals surface area contributed by atoms with Crippen molar-refractivity contribution in [2.24, 2.45) is 0 Å². The molecule has 174 valence electrons. The Morgan fingerprint density at radius 1 is 0.971 bits per heavy atom. The van der Waals surface area contributed by atoms with Crippen LogP contribution in [0.4, 0.5) is 5.69 Å². The van der Waals surface area contributed by atoms with Gasteiger partial charge in [-0.1, -0.05) is 11.6 Å². The number of aromatic carboxylic acids is 1. The van der Waals surface area contributed by atoms with Gasteiger partial charge in [0.1, 0.15) is 17.3 Å². The van der Waals surface area contributed by atoms with E-state index in [0.29, 0.717) is 63.4 Å². The van der Waals surface area contributed by atoms with Gasteiger partial charge >= 0.3 is 5.97 Å². The Labute approximate surface area is 200 Å². The maximum Gasteiger partial charge on any atom is 0.335 e. The average molecular weight is 480 g/mol. The molecule has 0 bridgehead atoms. The molecule has 0 saturated heterocycles. The molecule has 0 aliphatic carbocycles. The van der Waals surface area contributed by atoms with Crippen molar-refractivity contribution in [2.75, 3.05) is 18.5 Å². The standard InChI is InChI=1S/C25H22ClN3O5/c1-3-33-17-9-15(10-18(13-17)34-4-2)24(30)27-16-6-7-20(26)19(12-16)23-28-21-8-5-14(25(31)32)11-22(21)29-23/h5-13H,3-4H2,1-2H3,(H,27,30)(H,28,29)(H,31,32). The molecule has 0 aliphatic heterocycles. The van der Waals surface area contributed by atoms with Crippen molar-refractivity contribution in [1.82, 2.24) is 9.97 Å². The van der Waals surface area contributed by atoms with Gasteiger partial charge in [-0.2, -0.15) is 0 Å². The number of imidazole rings is 1. The first-order valence-electron chi connectivity index (χ1n) is 10.6. The van der Waals surface area contributed by atoms with Crippen LogP contribution in [0, 0.1) is 0 Å². The summed E-state index contributed by atoms with van der Waals surface area (Å²) in [5.74, 6) is 0.161. The number of hydrogen-bond donors (Lipinski definition) is 3. The van der Waals surface area contributed by atoms with Crippen LogP contribution in [0.15, 0.2) is 54.6 Å². The number of benzene rings is 3. The van der Waals surface area contributed by atoms with Crippen molar-refractivity contribution in [3.8, 4) is 22.9 Å². The second kappa shape index (κ2) is 9.84. The Morgan fingerprint density at radius 3 is 2.32 bits per heavy atom. The molecule has 1 heterocycles. The Balaban J connectivity index is 1.63. The number of carbonyl (C=O) groups excluding carboxylic acids is 1. The predicted molar refractivity (Wildman–Crippen MR) is 130 cm³/mol. The smallest absolute Gasteiger partial charge is 0.335 e. The molecule has 3 N–H and O–H groups in total. The molecule has 9 heteroatoms. The van der Waals surface area contributed by atoms with Crippen molar-refractivity contribution in [1.29, 1.82) is 0 Å². The fourth-order valence-electron chi connectivity index (χ4n) is 3.46. The minimum absolute atomic E-state index is 0.137. The highest BCUT2D eigenvalue weighted by molar-refractivity contribution is 6.33. The van der Waals surface area contributed by atoms with Gasteiger partial charge in [-0.15, -0.1) is 0 Å². The molecule has 0 spiro atoms. The molecule has 3 aromatic carbocycles. The van der Waals surface area contributed by atoms with Crippen molar-refractivity contribution in [2.45, 2.75) is 13.8 Å². The number of halogens is 1. The van der Waals surface area contributed by atoms with E-state index in [2.05, 4.69) is 15.3 Å². The number of nitrogens with zero attached hydrogens (tertiary/aromatic N) is 1. The summed E-state index contributed by atoms with van der Waals surface area (Å²) in [6, 6.07) is 14.7. The molecule has 0 radical (unpaired) electrons. The number of hydrogen-bond acceptors (Lipinski definition) is 5. The van der Waals surface area contributed by atoms with Crippen LogP contribution < -0.4 is 14.8 Å².